The molecule has 1 aromatic heterocycles. The summed E-state index contributed by atoms with van der Waals surface area (Å²) in [6.07, 6.45) is 5.89. The number of halogens is 2. The second kappa shape index (κ2) is 9.18. The Kier molecular flexibility index (Phi) is 6.39. The van der Waals surface area contributed by atoms with Gasteiger partial charge in [0.05, 0.1) is 25.7 Å². The van der Waals surface area contributed by atoms with Crippen molar-refractivity contribution in [1.29, 1.82) is 0 Å². The van der Waals surface area contributed by atoms with Gasteiger partial charge in [-0.15, -0.1) is 0 Å². The highest BCUT2D eigenvalue weighted by Gasteiger charge is 2.47. The van der Waals surface area contributed by atoms with Crippen molar-refractivity contribution in [1.82, 2.24) is 9.88 Å². The van der Waals surface area contributed by atoms with Crippen molar-refractivity contribution >= 4 is 5.91 Å². The van der Waals surface area contributed by atoms with Gasteiger partial charge in [0.2, 0.25) is 5.91 Å². The molecule has 2 fully saturated rings. The maximum atomic E-state index is 14.0. The molecule has 2 aromatic rings. The molecule has 1 amide bonds. The molecule has 1 aromatic carbocycles. The number of carbonyl (C=O) groups excluding carboxylic acids is 1. The molecule has 0 bridgehead atoms. The van der Waals surface area contributed by atoms with Gasteiger partial charge in [0.1, 0.15) is 0 Å². The van der Waals surface area contributed by atoms with Crippen LogP contribution in [0.1, 0.15) is 30.4 Å². The van der Waals surface area contributed by atoms with Gasteiger partial charge in [0.15, 0.2) is 11.6 Å². The molecule has 0 spiro atoms. The number of nitrogens with zero attached hydrogens (tertiary/aromatic N) is 2. The average Bonchev–Trinajstić information content (AvgIpc) is 2.77. The Bertz CT molecular complexity index is 880. The lowest BCUT2D eigenvalue weighted by Crippen LogP contribution is -2.58. The van der Waals surface area contributed by atoms with E-state index in [9.17, 15) is 13.6 Å². The van der Waals surface area contributed by atoms with Gasteiger partial charge < -0.3 is 14.4 Å². The van der Waals surface area contributed by atoms with Crippen molar-refractivity contribution in [3.05, 3.63) is 65.5 Å². The summed E-state index contributed by atoms with van der Waals surface area (Å²) in [6, 6.07) is 7.77. The first-order valence-corrected chi connectivity index (χ1v) is 10.4. The number of ether oxygens (including phenoxy) is 2. The SMILES string of the molecule is O=C(Cc1cccc(F)c1F)N1CCC2OCCCC2(COCc2ccncc2)C1. The fourth-order valence-corrected chi connectivity index (χ4v) is 4.52. The van der Waals surface area contributed by atoms with E-state index in [0.717, 1.165) is 37.5 Å². The van der Waals surface area contributed by atoms with Crippen LogP contribution in [0.5, 0.6) is 0 Å². The van der Waals surface area contributed by atoms with E-state index in [1.165, 1.54) is 12.1 Å². The highest BCUT2D eigenvalue weighted by Crippen LogP contribution is 2.40. The molecule has 3 heterocycles. The molecular weight excluding hydrogens is 390 g/mol. The second-order valence-corrected chi connectivity index (χ2v) is 8.17. The molecule has 7 heteroatoms. The zero-order chi connectivity index (χ0) is 21.0. The van der Waals surface area contributed by atoms with E-state index >= 15 is 0 Å². The summed E-state index contributed by atoms with van der Waals surface area (Å²) in [6.45, 7) is 2.73. The molecule has 2 unspecified atom stereocenters. The van der Waals surface area contributed by atoms with E-state index in [1.54, 1.807) is 17.3 Å². The number of carbonyl (C=O) groups is 1. The number of hydrogen-bond acceptors (Lipinski definition) is 4. The van der Waals surface area contributed by atoms with Gasteiger partial charge in [-0.1, -0.05) is 12.1 Å². The van der Waals surface area contributed by atoms with Gasteiger partial charge in [-0.05, 0) is 43.0 Å². The predicted octanol–water partition coefficient (Wildman–Crippen LogP) is 3.52. The summed E-state index contributed by atoms with van der Waals surface area (Å²) in [4.78, 5) is 18.7. The van der Waals surface area contributed by atoms with Gasteiger partial charge in [-0.2, -0.15) is 0 Å². The van der Waals surface area contributed by atoms with E-state index in [2.05, 4.69) is 4.98 Å². The van der Waals surface area contributed by atoms with Crippen molar-refractivity contribution in [3.63, 3.8) is 0 Å². The predicted molar refractivity (Wildman–Crippen MR) is 107 cm³/mol. The molecule has 2 aliphatic heterocycles. The van der Waals surface area contributed by atoms with Crippen LogP contribution in [-0.4, -0.2) is 48.2 Å². The highest BCUT2D eigenvalue weighted by atomic mass is 19.2. The Morgan fingerprint density at radius 3 is 2.93 bits per heavy atom. The van der Waals surface area contributed by atoms with Crippen molar-refractivity contribution in [2.45, 2.75) is 38.4 Å². The molecule has 0 saturated carbocycles. The maximum absolute atomic E-state index is 14.0. The Morgan fingerprint density at radius 1 is 1.27 bits per heavy atom. The Balaban J connectivity index is 1.43. The van der Waals surface area contributed by atoms with Gasteiger partial charge in [0, 0.05) is 43.1 Å². The lowest BCUT2D eigenvalue weighted by atomic mass is 9.73. The third kappa shape index (κ3) is 4.52. The van der Waals surface area contributed by atoms with Gasteiger partial charge >= 0.3 is 0 Å². The monoisotopic (exact) mass is 416 g/mol. The first-order valence-electron chi connectivity index (χ1n) is 10.4. The Hall–Kier alpha value is -2.38. The summed E-state index contributed by atoms with van der Waals surface area (Å²) in [5.41, 5.74) is 0.852. The Labute approximate surface area is 175 Å². The van der Waals surface area contributed by atoms with Crippen LogP contribution < -0.4 is 0 Å². The van der Waals surface area contributed by atoms with E-state index in [4.69, 9.17) is 9.47 Å². The van der Waals surface area contributed by atoms with Crippen LogP contribution in [0.25, 0.3) is 0 Å². The van der Waals surface area contributed by atoms with Gasteiger partial charge in [-0.3, -0.25) is 9.78 Å². The highest BCUT2D eigenvalue weighted by molar-refractivity contribution is 5.79. The van der Waals surface area contributed by atoms with Gasteiger partial charge in [0.25, 0.3) is 0 Å². The minimum absolute atomic E-state index is 0.0404. The molecule has 2 saturated heterocycles. The number of aromatic nitrogens is 1. The van der Waals surface area contributed by atoms with Crippen molar-refractivity contribution in [3.8, 4) is 0 Å². The Morgan fingerprint density at radius 2 is 2.10 bits per heavy atom. The first kappa shape index (κ1) is 20.9. The zero-order valence-electron chi connectivity index (χ0n) is 16.9. The van der Waals surface area contributed by atoms with Crippen LogP contribution in [0.2, 0.25) is 0 Å². The molecule has 0 N–H and O–H groups in total. The van der Waals surface area contributed by atoms with E-state index in [-0.39, 0.29) is 29.4 Å². The molecule has 4 rings (SSSR count). The molecule has 30 heavy (non-hydrogen) atoms. The van der Waals surface area contributed by atoms with Crippen LogP contribution in [0.3, 0.4) is 0 Å². The molecule has 160 valence electrons. The van der Waals surface area contributed by atoms with E-state index < -0.39 is 11.6 Å². The molecule has 0 radical (unpaired) electrons. The third-order valence-electron chi connectivity index (χ3n) is 6.12. The quantitative estimate of drug-likeness (QED) is 0.723. The number of amides is 1. The number of benzene rings is 1. The second-order valence-electron chi connectivity index (χ2n) is 8.17. The van der Waals surface area contributed by atoms with Gasteiger partial charge in [-0.25, -0.2) is 8.78 Å². The number of piperidine rings is 1. The largest absolute Gasteiger partial charge is 0.377 e. The summed E-state index contributed by atoms with van der Waals surface area (Å²) in [5, 5.41) is 0. The number of pyridine rings is 1. The molecular formula is C23H26F2N2O3. The smallest absolute Gasteiger partial charge is 0.227 e. The van der Waals surface area contributed by atoms with Crippen LogP contribution >= 0.6 is 0 Å². The molecule has 2 atom stereocenters. The summed E-state index contributed by atoms with van der Waals surface area (Å²) in [5.74, 6) is -2.07. The molecule has 2 aliphatic rings. The minimum Gasteiger partial charge on any atom is -0.377 e. The van der Waals surface area contributed by atoms with Crippen molar-refractivity contribution < 1.29 is 23.0 Å². The van der Waals surface area contributed by atoms with Crippen LogP contribution in [0, 0.1) is 17.0 Å². The minimum atomic E-state index is -0.947. The van der Waals surface area contributed by atoms with Crippen molar-refractivity contribution in [2.75, 3.05) is 26.3 Å². The van der Waals surface area contributed by atoms with E-state index in [0.29, 0.717) is 26.3 Å². The number of fused-ring (bicyclic) bond motifs is 1. The summed E-state index contributed by atoms with van der Waals surface area (Å²) >= 11 is 0. The first-order chi connectivity index (χ1) is 14.6. The maximum Gasteiger partial charge on any atom is 0.227 e. The normalized spacial score (nSPS) is 23.8. The standard InChI is InChI=1S/C23H26F2N2O3/c24-19-4-1-3-18(22(19)25)13-21(28)27-11-7-20-23(15-27,8-2-12-30-20)16-29-14-17-5-9-26-10-6-17/h1,3-6,9-10,20H,2,7-8,11-16H2. The van der Waals surface area contributed by atoms with E-state index in [1.807, 2.05) is 12.1 Å². The zero-order valence-corrected chi connectivity index (χ0v) is 16.9. The fourth-order valence-electron chi connectivity index (χ4n) is 4.52. The van der Waals surface area contributed by atoms with Crippen LogP contribution in [0.15, 0.2) is 42.7 Å². The average molecular weight is 416 g/mol. The topological polar surface area (TPSA) is 51.7 Å². The summed E-state index contributed by atoms with van der Waals surface area (Å²) < 4.78 is 39.6. The molecule has 0 aliphatic carbocycles. The fraction of sp³-hybridized carbons (Fsp3) is 0.478. The van der Waals surface area contributed by atoms with Crippen molar-refractivity contribution in [2.24, 2.45) is 5.41 Å². The number of likely N-dealkylation sites (tertiary alicyclic amines) is 1. The summed E-state index contributed by atoms with van der Waals surface area (Å²) in [7, 11) is 0. The molecule has 5 nitrogen and oxygen atoms in total. The lowest BCUT2D eigenvalue weighted by Gasteiger charge is -2.50. The van der Waals surface area contributed by atoms with Crippen LogP contribution in [-0.2, 0) is 27.3 Å². The lowest BCUT2D eigenvalue weighted by molar-refractivity contribution is -0.165. The third-order valence-corrected chi connectivity index (χ3v) is 6.12. The number of rotatable bonds is 6. The van der Waals surface area contributed by atoms with Crippen LogP contribution in [0.4, 0.5) is 8.78 Å². The number of hydrogen-bond donors (Lipinski definition) is 0.